The Balaban J connectivity index is 1.28. The zero-order valence-corrected chi connectivity index (χ0v) is 21.3. The lowest BCUT2D eigenvalue weighted by molar-refractivity contribution is -0.185. The third kappa shape index (κ3) is 4.78. The summed E-state index contributed by atoms with van der Waals surface area (Å²) in [5.41, 5.74) is 1.06. The van der Waals surface area contributed by atoms with Gasteiger partial charge in [0.1, 0.15) is 29.9 Å². The number of fused-ring (bicyclic) bond motifs is 4. The Labute approximate surface area is 224 Å². The molecular formula is C29H29F2N3O5. The molecule has 2 amide bonds. The van der Waals surface area contributed by atoms with Gasteiger partial charge in [-0.2, -0.15) is 0 Å². The molecule has 8 nitrogen and oxygen atoms in total. The lowest BCUT2D eigenvalue weighted by Gasteiger charge is -2.51. The number of ether oxygens (including phenoxy) is 2. The number of nitrogens with one attached hydrogen (secondary N) is 1. The van der Waals surface area contributed by atoms with Crippen molar-refractivity contribution in [2.75, 3.05) is 19.7 Å². The Morgan fingerprint density at radius 2 is 1.90 bits per heavy atom. The summed E-state index contributed by atoms with van der Waals surface area (Å²) in [5, 5.41) is 2.59. The van der Waals surface area contributed by atoms with Crippen LogP contribution in [0.25, 0.3) is 0 Å². The van der Waals surface area contributed by atoms with Crippen molar-refractivity contribution >= 4 is 17.6 Å². The second-order valence-corrected chi connectivity index (χ2v) is 10.5. The smallest absolute Gasteiger partial charge is 0.276 e. The van der Waals surface area contributed by atoms with Crippen LogP contribution in [0.3, 0.4) is 0 Å². The van der Waals surface area contributed by atoms with E-state index >= 15 is 0 Å². The van der Waals surface area contributed by atoms with Gasteiger partial charge in [-0.3, -0.25) is 14.4 Å². The number of rotatable bonds is 6. The number of carbonyl (C=O) groups excluding carboxylic acids is 3. The fourth-order valence-electron chi connectivity index (χ4n) is 6.09. The van der Waals surface area contributed by atoms with Crippen molar-refractivity contribution in [2.24, 2.45) is 11.8 Å². The van der Waals surface area contributed by atoms with E-state index in [1.807, 2.05) is 30.3 Å². The molecule has 4 unspecified atom stereocenters. The Morgan fingerprint density at radius 1 is 1.08 bits per heavy atom. The summed E-state index contributed by atoms with van der Waals surface area (Å²) < 4.78 is 39.5. The number of Topliss-reactive ketones (excluding diaryl/α,β-unsaturated/α-hetero) is 1. The van der Waals surface area contributed by atoms with Crippen LogP contribution in [-0.2, 0) is 37.0 Å². The number of piperazine rings is 1. The van der Waals surface area contributed by atoms with Crippen LogP contribution in [0.15, 0.2) is 60.0 Å². The fourth-order valence-corrected chi connectivity index (χ4v) is 6.09. The molecule has 0 radical (unpaired) electrons. The fraction of sp³-hybridized carbons (Fsp3) is 0.414. The molecule has 1 aliphatic carbocycles. The number of benzene rings is 2. The minimum Gasteiger partial charge on any atom is -0.483 e. The summed E-state index contributed by atoms with van der Waals surface area (Å²) in [7, 11) is 0. The van der Waals surface area contributed by atoms with Gasteiger partial charge >= 0.3 is 0 Å². The van der Waals surface area contributed by atoms with Gasteiger partial charge in [-0.1, -0.05) is 42.8 Å². The number of carbonyl (C=O) groups is 3. The maximum absolute atomic E-state index is 14.1. The van der Waals surface area contributed by atoms with Gasteiger partial charge in [0.25, 0.3) is 5.91 Å². The molecule has 10 heteroatoms. The van der Waals surface area contributed by atoms with Crippen molar-refractivity contribution in [1.82, 2.24) is 15.1 Å². The van der Waals surface area contributed by atoms with Crippen LogP contribution < -0.4 is 5.32 Å². The summed E-state index contributed by atoms with van der Waals surface area (Å²) in [4.78, 5) is 44.3. The van der Waals surface area contributed by atoms with Crippen LogP contribution >= 0.6 is 0 Å². The summed E-state index contributed by atoms with van der Waals surface area (Å²) in [6.07, 6.45) is 2.44. The van der Waals surface area contributed by atoms with Crippen molar-refractivity contribution in [2.45, 2.75) is 44.7 Å². The van der Waals surface area contributed by atoms with Crippen molar-refractivity contribution in [3.8, 4) is 0 Å². The summed E-state index contributed by atoms with van der Waals surface area (Å²) in [5.74, 6) is -4.09. The molecule has 2 aromatic carbocycles. The van der Waals surface area contributed by atoms with E-state index in [0.717, 1.165) is 37.0 Å². The highest BCUT2D eigenvalue weighted by atomic mass is 19.1. The minimum absolute atomic E-state index is 0.0301. The summed E-state index contributed by atoms with van der Waals surface area (Å²) in [6, 6.07) is 12.4. The average molecular weight is 538 g/mol. The molecule has 204 valence electrons. The van der Waals surface area contributed by atoms with E-state index in [0.29, 0.717) is 13.2 Å². The van der Waals surface area contributed by atoms with Crippen LogP contribution in [0.1, 0.15) is 30.4 Å². The average Bonchev–Trinajstić information content (AvgIpc) is 3.41. The van der Waals surface area contributed by atoms with Gasteiger partial charge in [-0.05, 0) is 24.5 Å². The maximum atomic E-state index is 14.1. The molecule has 3 aliphatic heterocycles. The minimum atomic E-state index is -1.18. The molecule has 2 saturated heterocycles. The van der Waals surface area contributed by atoms with Crippen LogP contribution in [0, 0.1) is 23.5 Å². The molecule has 39 heavy (non-hydrogen) atoms. The molecule has 1 saturated carbocycles. The lowest BCUT2D eigenvalue weighted by atomic mass is 9.91. The van der Waals surface area contributed by atoms with E-state index in [2.05, 4.69) is 5.32 Å². The van der Waals surface area contributed by atoms with E-state index in [1.165, 1.54) is 6.07 Å². The summed E-state index contributed by atoms with van der Waals surface area (Å²) >= 11 is 0. The topological polar surface area (TPSA) is 88.2 Å². The Bertz CT molecular complexity index is 1330. The molecular weight excluding hydrogens is 508 g/mol. The van der Waals surface area contributed by atoms with Crippen molar-refractivity contribution in [3.63, 3.8) is 0 Å². The van der Waals surface area contributed by atoms with Crippen LogP contribution in [0.5, 0.6) is 0 Å². The number of hydrogen-bond donors (Lipinski definition) is 1. The second kappa shape index (κ2) is 10.4. The SMILES string of the molecule is O=C(NCc1ccc(F)cc1F)C1CN2CC3OCC4CCCC4N3C(=O)C2=C(OCc2ccccc2)C1=O. The zero-order valence-electron chi connectivity index (χ0n) is 21.3. The van der Waals surface area contributed by atoms with Gasteiger partial charge in [0, 0.05) is 36.7 Å². The number of nitrogens with zero attached hydrogens (tertiary/aromatic N) is 2. The molecule has 1 N–H and O–H groups in total. The van der Waals surface area contributed by atoms with Gasteiger partial charge in [0.2, 0.25) is 11.7 Å². The number of hydrogen-bond acceptors (Lipinski definition) is 6. The molecule has 0 spiro atoms. The molecule has 2 aromatic rings. The van der Waals surface area contributed by atoms with Crippen LogP contribution in [0.2, 0.25) is 0 Å². The molecule has 0 bridgehead atoms. The van der Waals surface area contributed by atoms with Gasteiger partial charge < -0.3 is 24.6 Å². The first kappa shape index (κ1) is 25.5. The first-order valence-corrected chi connectivity index (χ1v) is 13.3. The van der Waals surface area contributed by atoms with Gasteiger partial charge in [0.05, 0.1) is 13.2 Å². The van der Waals surface area contributed by atoms with E-state index in [-0.39, 0.29) is 54.6 Å². The van der Waals surface area contributed by atoms with Gasteiger partial charge in [0.15, 0.2) is 12.0 Å². The highest BCUT2D eigenvalue weighted by Gasteiger charge is 2.52. The molecule has 6 rings (SSSR count). The normalized spacial score (nSPS) is 26.2. The van der Waals surface area contributed by atoms with Gasteiger partial charge in [-0.15, -0.1) is 0 Å². The molecule has 3 heterocycles. The monoisotopic (exact) mass is 537 g/mol. The molecule has 3 fully saturated rings. The predicted molar refractivity (Wildman–Crippen MR) is 134 cm³/mol. The number of amides is 2. The van der Waals surface area contributed by atoms with E-state index in [9.17, 15) is 23.2 Å². The standard InChI is InChI=1S/C29H29F2N3O5/c30-20-10-9-18(22(31)11-20)12-32-28(36)21-13-33-14-24-34(23-8-4-7-19(23)16-38-24)29(37)25(33)27(26(21)35)39-15-17-5-2-1-3-6-17/h1-3,5-6,9-11,19,21,23-24H,4,7-8,12-16H2,(H,32,36). The van der Waals surface area contributed by atoms with E-state index < -0.39 is 35.5 Å². The largest absolute Gasteiger partial charge is 0.483 e. The maximum Gasteiger partial charge on any atom is 0.276 e. The third-order valence-electron chi connectivity index (χ3n) is 8.09. The number of allylic oxidation sites excluding steroid dienone is 1. The quantitative estimate of drug-likeness (QED) is 0.571. The van der Waals surface area contributed by atoms with Crippen molar-refractivity contribution < 1.29 is 32.6 Å². The first-order chi connectivity index (χ1) is 18.9. The Kier molecular flexibility index (Phi) is 6.80. The van der Waals surface area contributed by atoms with Crippen molar-refractivity contribution in [3.05, 3.63) is 82.7 Å². The second-order valence-electron chi connectivity index (χ2n) is 10.5. The zero-order chi connectivity index (χ0) is 27.1. The summed E-state index contributed by atoms with van der Waals surface area (Å²) in [6.45, 7) is 0.694. The Hall–Kier alpha value is -3.79. The third-order valence-corrected chi connectivity index (χ3v) is 8.09. The molecule has 0 aromatic heterocycles. The molecule has 4 aliphatic rings. The number of ketones is 1. The predicted octanol–water partition coefficient (Wildman–Crippen LogP) is 2.88. The van der Waals surface area contributed by atoms with Crippen LogP contribution in [0.4, 0.5) is 8.78 Å². The van der Waals surface area contributed by atoms with Crippen molar-refractivity contribution in [1.29, 1.82) is 0 Å². The van der Waals surface area contributed by atoms with Crippen LogP contribution in [-0.4, -0.2) is 59.4 Å². The van der Waals surface area contributed by atoms with Gasteiger partial charge in [-0.25, -0.2) is 8.78 Å². The lowest BCUT2D eigenvalue weighted by Crippen LogP contribution is -2.65. The highest BCUT2D eigenvalue weighted by molar-refractivity contribution is 6.14. The Morgan fingerprint density at radius 3 is 2.69 bits per heavy atom. The highest BCUT2D eigenvalue weighted by Crippen LogP contribution is 2.40. The molecule has 4 atom stereocenters. The first-order valence-electron chi connectivity index (χ1n) is 13.3. The van der Waals surface area contributed by atoms with E-state index in [4.69, 9.17) is 9.47 Å². The number of halogens is 2. The van der Waals surface area contributed by atoms with E-state index in [1.54, 1.807) is 9.80 Å².